The van der Waals surface area contributed by atoms with Gasteiger partial charge >= 0.3 is 12.3 Å². The van der Waals surface area contributed by atoms with Gasteiger partial charge < -0.3 is 9.84 Å². The van der Waals surface area contributed by atoms with Gasteiger partial charge in [-0.05, 0) is 24.6 Å². The number of halogens is 3. The third-order valence-electron chi connectivity index (χ3n) is 3.51. The lowest BCUT2D eigenvalue weighted by atomic mass is 10.2. The smallest absolute Gasteiger partial charge is 0.422 e. The van der Waals surface area contributed by atoms with Gasteiger partial charge in [-0.25, -0.2) is 14.8 Å². The van der Waals surface area contributed by atoms with Gasteiger partial charge in [-0.3, -0.25) is 10.00 Å². The summed E-state index contributed by atoms with van der Waals surface area (Å²) in [5.41, 5.74) is 1.70. The highest BCUT2D eigenvalue weighted by atomic mass is 19.4. The molecule has 142 valence electrons. The van der Waals surface area contributed by atoms with Crippen LogP contribution in [0.4, 0.5) is 23.8 Å². The Morgan fingerprint density at radius 1 is 1.37 bits per heavy atom. The Balaban J connectivity index is 1.79. The normalized spacial score (nSPS) is 11.6. The van der Waals surface area contributed by atoms with Crippen molar-refractivity contribution in [3.63, 3.8) is 0 Å². The maximum absolute atomic E-state index is 12.2. The third-order valence-corrected chi connectivity index (χ3v) is 3.51. The van der Waals surface area contributed by atoms with E-state index in [1.54, 1.807) is 29.9 Å². The number of amides is 1. The number of alkyl halides is 3. The lowest BCUT2D eigenvalue weighted by molar-refractivity contribution is -0.154. The van der Waals surface area contributed by atoms with Gasteiger partial charge in [0.15, 0.2) is 6.61 Å². The van der Waals surface area contributed by atoms with Crippen LogP contribution >= 0.6 is 0 Å². The van der Waals surface area contributed by atoms with Crippen LogP contribution in [0.15, 0.2) is 30.7 Å². The molecule has 0 fully saturated rings. The molecular weight excluding hydrogens is 367 g/mol. The largest absolute Gasteiger partial charge is 0.468 e. The fourth-order valence-corrected chi connectivity index (χ4v) is 2.47. The number of hydrogen-bond acceptors (Lipinski definition) is 5. The minimum Gasteiger partial charge on any atom is -0.468 e. The molecule has 11 heteroatoms. The number of aryl methyl sites for hydroxylation is 1. The van der Waals surface area contributed by atoms with Crippen LogP contribution in [-0.4, -0.2) is 43.7 Å². The summed E-state index contributed by atoms with van der Waals surface area (Å²) in [6, 6.07) is 3.29. The molecule has 0 unspecified atom stereocenters. The van der Waals surface area contributed by atoms with Crippen LogP contribution in [0, 0.1) is 6.92 Å². The monoisotopic (exact) mass is 381 g/mol. The van der Waals surface area contributed by atoms with Gasteiger partial charge in [0, 0.05) is 24.2 Å². The predicted molar refractivity (Wildman–Crippen MR) is 88.8 cm³/mol. The van der Waals surface area contributed by atoms with Crippen molar-refractivity contribution in [1.82, 2.24) is 19.7 Å². The average molecular weight is 381 g/mol. The number of anilines is 1. The molecule has 0 aliphatic carbocycles. The molecule has 3 heterocycles. The van der Waals surface area contributed by atoms with E-state index >= 15 is 0 Å². The molecule has 0 spiro atoms. The average Bonchev–Trinajstić information content (AvgIpc) is 2.96. The zero-order chi connectivity index (χ0) is 19.6. The molecule has 3 rings (SSSR count). The number of hydrogen-bond donors (Lipinski definition) is 2. The van der Waals surface area contributed by atoms with Crippen molar-refractivity contribution in [2.75, 3.05) is 11.9 Å². The molecule has 2 N–H and O–H groups in total. The molecule has 0 saturated carbocycles. The minimum atomic E-state index is -4.43. The Bertz CT molecular complexity index is 987. The number of carbonyl (C=O) groups is 1. The van der Waals surface area contributed by atoms with Crippen molar-refractivity contribution in [2.24, 2.45) is 0 Å². The first-order chi connectivity index (χ1) is 12.7. The molecule has 3 aromatic rings. The number of aromatic nitrogens is 4. The van der Waals surface area contributed by atoms with Crippen LogP contribution in [0.5, 0.6) is 5.88 Å². The number of nitrogens with one attached hydrogen (secondary N) is 1. The molecule has 0 aromatic carbocycles. The zero-order valence-electron chi connectivity index (χ0n) is 14.0. The van der Waals surface area contributed by atoms with Gasteiger partial charge in [0.05, 0.1) is 17.4 Å². The van der Waals surface area contributed by atoms with Gasteiger partial charge in [-0.15, -0.1) is 0 Å². The molecule has 0 atom stereocenters. The number of ether oxygens (including phenoxy) is 1. The molecular formula is C16H14F3N5O3. The summed E-state index contributed by atoms with van der Waals surface area (Å²) >= 11 is 0. The highest BCUT2D eigenvalue weighted by Crippen LogP contribution is 2.22. The second-order valence-corrected chi connectivity index (χ2v) is 5.72. The number of nitrogens with zero attached hydrogens (tertiary/aromatic N) is 4. The minimum absolute atomic E-state index is 0.0844. The molecule has 8 nitrogen and oxygen atoms in total. The quantitative estimate of drug-likeness (QED) is 0.704. The number of fused-ring (bicyclic) bond motifs is 1. The van der Waals surface area contributed by atoms with Crippen molar-refractivity contribution in [3.05, 3.63) is 41.9 Å². The fourth-order valence-electron chi connectivity index (χ4n) is 2.47. The summed E-state index contributed by atoms with van der Waals surface area (Å²) < 4.78 is 43.0. The van der Waals surface area contributed by atoms with Crippen molar-refractivity contribution < 1.29 is 27.8 Å². The maximum atomic E-state index is 12.2. The van der Waals surface area contributed by atoms with Crippen LogP contribution < -0.4 is 10.1 Å². The van der Waals surface area contributed by atoms with E-state index < -0.39 is 18.9 Å². The molecule has 27 heavy (non-hydrogen) atoms. The lowest BCUT2D eigenvalue weighted by Crippen LogP contribution is -2.20. The highest BCUT2D eigenvalue weighted by molar-refractivity contribution is 5.95. The summed E-state index contributed by atoms with van der Waals surface area (Å²) in [6.07, 6.45) is -1.21. The summed E-state index contributed by atoms with van der Waals surface area (Å²) in [6.45, 7) is 0.478. The standard InChI is InChI=1S/C16H14F3N5O3/c1-9-4-10(5-21-14(9)27-8-16(17,18)19)6-24-7-11-12(23-24)2-3-20-13(11)22-15(25)26/h2-5,7H,6,8H2,1H3,(H,20,22)(H,25,26). The summed E-state index contributed by atoms with van der Waals surface area (Å²) in [5.74, 6) is 0.0790. The molecule has 0 radical (unpaired) electrons. The van der Waals surface area contributed by atoms with E-state index in [-0.39, 0.29) is 18.2 Å². The van der Waals surface area contributed by atoms with E-state index in [2.05, 4.69) is 25.1 Å². The van der Waals surface area contributed by atoms with Gasteiger partial charge in [0.1, 0.15) is 5.82 Å². The Hall–Kier alpha value is -3.37. The first-order valence-corrected chi connectivity index (χ1v) is 7.68. The van der Waals surface area contributed by atoms with Crippen molar-refractivity contribution >= 4 is 22.8 Å². The van der Waals surface area contributed by atoms with E-state index in [0.29, 0.717) is 22.0 Å². The predicted octanol–water partition coefficient (Wildman–Crippen LogP) is 3.21. The van der Waals surface area contributed by atoms with E-state index in [9.17, 15) is 18.0 Å². The SMILES string of the molecule is Cc1cc(Cn2cc3c(NC(=O)O)nccc3n2)cnc1OCC(F)(F)F. The molecule has 0 saturated heterocycles. The number of carboxylic acid groups (broad SMARTS) is 1. The topological polar surface area (TPSA) is 102 Å². The van der Waals surface area contributed by atoms with Gasteiger partial charge in [0.25, 0.3) is 0 Å². The van der Waals surface area contributed by atoms with Crippen molar-refractivity contribution in [3.8, 4) is 5.88 Å². The van der Waals surface area contributed by atoms with Gasteiger partial charge in [0.2, 0.25) is 5.88 Å². The first-order valence-electron chi connectivity index (χ1n) is 7.68. The Morgan fingerprint density at radius 3 is 2.81 bits per heavy atom. The highest BCUT2D eigenvalue weighted by Gasteiger charge is 2.29. The third kappa shape index (κ3) is 4.63. The van der Waals surface area contributed by atoms with Crippen molar-refractivity contribution in [2.45, 2.75) is 19.6 Å². The van der Waals surface area contributed by atoms with Crippen LogP contribution in [0.2, 0.25) is 0 Å². The van der Waals surface area contributed by atoms with Crippen LogP contribution in [0.25, 0.3) is 10.9 Å². The van der Waals surface area contributed by atoms with Crippen LogP contribution in [0.3, 0.4) is 0 Å². The van der Waals surface area contributed by atoms with E-state index in [1.165, 1.54) is 12.4 Å². The van der Waals surface area contributed by atoms with Crippen LogP contribution in [-0.2, 0) is 6.54 Å². The summed E-state index contributed by atoms with van der Waals surface area (Å²) in [7, 11) is 0. The fraction of sp³-hybridized carbons (Fsp3) is 0.250. The first kappa shape index (κ1) is 18.4. The Labute approximate surface area is 150 Å². The molecule has 0 bridgehead atoms. The number of pyridine rings is 2. The second-order valence-electron chi connectivity index (χ2n) is 5.72. The summed E-state index contributed by atoms with van der Waals surface area (Å²) in [4.78, 5) is 18.7. The Morgan fingerprint density at radius 2 is 2.15 bits per heavy atom. The molecule has 3 aromatic heterocycles. The zero-order valence-corrected chi connectivity index (χ0v) is 14.0. The van der Waals surface area contributed by atoms with Crippen LogP contribution in [0.1, 0.15) is 11.1 Å². The molecule has 0 aliphatic heterocycles. The van der Waals surface area contributed by atoms with E-state index in [1.807, 2.05) is 0 Å². The van der Waals surface area contributed by atoms with Gasteiger partial charge in [-0.1, -0.05) is 0 Å². The van der Waals surface area contributed by atoms with Gasteiger partial charge in [-0.2, -0.15) is 18.3 Å². The van der Waals surface area contributed by atoms with Crippen molar-refractivity contribution in [1.29, 1.82) is 0 Å². The maximum Gasteiger partial charge on any atom is 0.422 e. The lowest BCUT2D eigenvalue weighted by Gasteiger charge is -2.11. The summed E-state index contributed by atoms with van der Waals surface area (Å²) in [5, 5.41) is 15.9. The van der Waals surface area contributed by atoms with E-state index in [4.69, 9.17) is 5.11 Å². The Kier molecular flexibility index (Phi) is 4.84. The molecule has 1 amide bonds. The second kappa shape index (κ2) is 7.09. The number of rotatable bonds is 5. The molecule has 0 aliphatic rings. The van der Waals surface area contributed by atoms with E-state index in [0.717, 1.165) is 0 Å².